The van der Waals surface area contributed by atoms with Crippen LogP contribution < -0.4 is 0 Å². The standard InChI is InChI=1S/C20H15ClN2O5S/c1-2-28-20(25)17-18(24)16(11-12-3-5-13(21)6-4-12)29-19(17)22-14-7-9-15(10-8-14)23(26)27/h3-11,24H,2H2,1H3/b16-11-,22-19?. The number of aliphatic hydroxyl groups is 1. The average molecular weight is 431 g/mol. The van der Waals surface area contributed by atoms with E-state index >= 15 is 0 Å². The number of carbonyl (C=O) groups is 1. The van der Waals surface area contributed by atoms with E-state index in [0.717, 1.165) is 17.3 Å². The lowest BCUT2D eigenvalue weighted by Crippen LogP contribution is -2.12. The smallest absolute Gasteiger partial charge is 0.344 e. The van der Waals surface area contributed by atoms with Gasteiger partial charge in [0.05, 0.1) is 22.1 Å². The Kier molecular flexibility index (Phi) is 6.36. The number of aliphatic imine (C=N–C) groups is 1. The first-order valence-electron chi connectivity index (χ1n) is 8.48. The maximum Gasteiger partial charge on any atom is 0.344 e. The number of non-ortho nitro benzene ring substituents is 1. The van der Waals surface area contributed by atoms with Gasteiger partial charge in [0.15, 0.2) is 0 Å². The van der Waals surface area contributed by atoms with Crippen molar-refractivity contribution in [2.24, 2.45) is 4.99 Å². The number of rotatable bonds is 5. The molecule has 1 N–H and O–H groups in total. The Bertz CT molecular complexity index is 1040. The topological polar surface area (TPSA) is 102 Å². The summed E-state index contributed by atoms with van der Waals surface area (Å²) in [7, 11) is 0. The summed E-state index contributed by atoms with van der Waals surface area (Å²) in [5.41, 5.74) is 1.07. The number of benzene rings is 2. The number of carbonyl (C=O) groups excluding carboxylic acids is 1. The first-order chi connectivity index (χ1) is 13.9. The third-order valence-electron chi connectivity index (χ3n) is 3.83. The average Bonchev–Trinajstić information content (AvgIpc) is 2.99. The maximum atomic E-state index is 12.4. The van der Waals surface area contributed by atoms with Crippen LogP contribution in [0.25, 0.3) is 6.08 Å². The summed E-state index contributed by atoms with van der Waals surface area (Å²) >= 11 is 7.00. The second-order valence-electron chi connectivity index (χ2n) is 5.80. The van der Waals surface area contributed by atoms with Gasteiger partial charge in [-0.3, -0.25) is 10.1 Å². The van der Waals surface area contributed by atoms with E-state index in [0.29, 0.717) is 15.6 Å². The molecular weight excluding hydrogens is 416 g/mol. The summed E-state index contributed by atoms with van der Waals surface area (Å²) in [6.07, 6.45) is 1.70. The minimum absolute atomic E-state index is 0.0459. The molecule has 148 valence electrons. The maximum absolute atomic E-state index is 12.4. The van der Waals surface area contributed by atoms with Gasteiger partial charge in [0, 0.05) is 17.2 Å². The third kappa shape index (κ3) is 4.85. The van der Waals surface area contributed by atoms with E-state index in [1.165, 1.54) is 24.3 Å². The van der Waals surface area contributed by atoms with Crippen LogP contribution in [0.5, 0.6) is 0 Å². The van der Waals surface area contributed by atoms with E-state index in [-0.39, 0.29) is 28.7 Å². The van der Waals surface area contributed by atoms with Crippen LogP contribution in [0.15, 0.2) is 69.8 Å². The number of nitro groups is 1. The molecule has 2 aromatic carbocycles. The quantitative estimate of drug-likeness (QED) is 0.385. The SMILES string of the molecule is CCOC(=O)C1=C(O)/C(=C/c2ccc(Cl)cc2)SC1=Nc1ccc([N+](=O)[O-])cc1. The first-order valence-corrected chi connectivity index (χ1v) is 9.68. The van der Waals surface area contributed by atoms with Crippen molar-refractivity contribution in [3.05, 3.63) is 85.5 Å². The van der Waals surface area contributed by atoms with E-state index < -0.39 is 10.9 Å². The summed E-state index contributed by atoms with van der Waals surface area (Å²) in [6, 6.07) is 12.5. The second kappa shape index (κ2) is 8.93. The molecule has 2 aromatic rings. The van der Waals surface area contributed by atoms with Crippen molar-refractivity contribution in [2.45, 2.75) is 6.92 Å². The molecule has 0 saturated heterocycles. The van der Waals surface area contributed by atoms with Gasteiger partial charge in [0.2, 0.25) is 0 Å². The zero-order valence-corrected chi connectivity index (χ0v) is 16.7. The van der Waals surface area contributed by atoms with Gasteiger partial charge in [0.1, 0.15) is 16.4 Å². The molecule has 0 aliphatic carbocycles. The van der Waals surface area contributed by atoms with Crippen LogP contribution in [0.1, 0.15) is 12.5 Å². The van der Waals surface area contributed by atoms with Gasteiger partial charge in [-0.2, -0.15) is 0 Å². The number of nitro benzene ring substituents is 1. The van der Waals surface area contributed by atoms with Gasteiger partial charge in [-0.1, -0.05) is 35.5 Å². The summed E-state index contributed by atoms with van der Waals surface area (Å²) in [5.74, 6) is -0.929. The molecule has 1 heterocycles. The van der Waals surface area contributed by atoms with Gasteiger partial charge in [-0.05, 0) is 42.8 Å². The van der Waals surface area contributed by atoms with E-state index in [2.05, 4.69) is 4.99 Å². The molecule has 0 atom stereocenters. The van der Waals surface area contributed by atoms with Crippen molar-refractivity contribution in [2.75, 3.05) is 6.61 Å². The molecule has 0 fully saturated rings. The van der Waals surface area contributed by atoms with Crippen LogP contribution in [0.3, 0.4) is 0 Å². The Morgan fingerprint density at radius 1 is 1.24 bits per heavy atom. The van der Waals surface area contributed by atoms with Crippen LogP contribution in [-0.4, -0.2) is 27.6 Å². The van der Waals surface area contributed by atoms with Gasteiger partial charge in [-0.15, -0.1) is 0 Å². The van der Waals surface area contributed by atoms with Gasteiger partial charge < -0.3 is 9.84 Å². The summed E-state index contributed by atoms with van der Waals surface area (Å²) in [6.45, 7) is 1.80. The van der Waals surface area contributed by atoms with E-state index in [9.17, 15) is 20.0 Å². The molecule has 7 nitrogen and oxygen atoms in total. The molecular formula is C20H15ClN2O5S. The zero-order chi connectivity index (χ0) is 21.0. The van der Waals surface area contributed by atoms with Crippen molar-refractivity contribution >= 4 is 51.8 Å². The number of aliphatic hydroxyl groups excluding tert-OH is 1. The van der Waals surface area contributed by atoms with Crippen LogP contribution >= 0.6 is 23.4 Å². The fourth-order valence-corrected chi connectivity index (χ4v) is 3.63. The molecule has 9 heteroatoms. The van der Waals surface area contributed by atoms with E-state index in [1.807, 2.05) is 0 Å². The number of hydrogen-bond donors (Lipinski definition) is 1. The number of ether oxygens (including phenoxy) is 1. The van der Waals surface area contributed by atoms with Crippen LogP contribution in [0, 0.1) is 10.1 Å². The van der Waals surface area contributed by atoms with Crippen LogP contribution in [0.2, 0.25) is 5.02 Å². The molecule has 0 aromatic heterocycles. The summed E-state index contributed by atoms with van der Waals surface area (Å²) in [4.78, 5) is 27.5. The molecule has 29 heavy (non-hydrogen) atoms. The van der Waals surface area contributed by atoms with E-state index in [1.54, 1.807) is 37.3 Å². The first kappa shape index (κ1) is 20.6. The lowest BCUT2D eigenvalue weighted by Gasteiger charge is -2.03. The van der Waals surface area contributed by atoms with E-state index in [4.69, 9.17) is 16.3 Å². The Morgan fingerprint density at radius 3 is 2.48 bits per heavy atom. The highest BCUT2D eigenvalue weighted by Gasteiger charge is 2.33. The minimum Gasteiger partial charge on any atom is -0.506 e. The van der Waals surface area contributed by atoms with Crippen molar-refractivity contribution in [1.29, 1.82) is 0 Å². The predicted octanol–water partition coefficient (Wildman–Crippen LogP) is 5.44. The van der Waals surface area contributed by atoms with Crippen molar-refractivity contribution in [3.8, 4) is 0 Å². The van der Waals surface area contributed by atoms with Crippen LogP contribution in [-0.2, 0) is 9.53 Å². The highest BCUT2D eigenvalue weighted by atomic mass is 35.5. The lowest BCUT2D eigenvalue weighted by molar-refractivity contribution is -0.384. The number of esters is 1. The second-order valence-corrected chi connectivity index (χ2v) is 7.26. The molecule has 0 bridgehead atoms. The molecule has 1 aliphatic rings. The number of thioether (sulfide) groups is 1. The van der Waals surface area contributed by atoms with Gasteiger partial charge in [0.25, 0.3) is 5.69 Å². The molecule has 0 amide bonds. The minimum atomic E-state index is -0.697. The molecule has 0 radical (unpaired) electrons. The van der Waals surface area contributed by atoms with Crippen molar-refractivity contribution in [1.82, 2.24) is 0 Å². The number of hydrogen-bond acceptors (Lipinski definition) is 7. The molecule has 0 unspecified atom stereocenters. The molecule has 1 aliphatic heterocycles. The summed E-state index contributed by atoms with van der Waals surface area (Å²) < 4.78 is 5.04. The number of nitrogens with zero attached hydrogens (tertiary/aromatic N) is 2. The fourth-order valence-electron chi connectivity index (χ4n) is 2.47. The van der Waals surface area contributed by atoms with Gasteiger partial charge in [-0.25, -0.2) is 9.79 Å². The zero-order valence-electron chi connectivity index (χ0n) is 15.2. The summed E-state index contributed by atoms with van der Waals surface area (Å²) in [5, 5.41) is 22.2. The Morgan fingerprint density at radius 2 is 1.90 bits per heavy atom. The lowest BCUT2D eigenvalue weighted by atomic mass is 10.1. The number of halogens is 1. The van der Waals surface area contributed by atoms with Crippen molar-refractivity contribution in [3.63, 3.8) is 0 Å². The highest BCUT2D eigenvalue weighted by Crippen LogP contribution is 2.40. The monoisotopic (exact) mass is 430 g/mol. The van der Waals surface area contributed by atoms with Crippen LogP contribution in [0.4, 0.5) is 11.4 Å². The fraction of sp³-hybridized carbons (Fsp3) is 0.100. The molecule has 0 spiro atoms. The largest absolute Gasteiger partial charge is 0.506 e. The van der Waals surface area contributed by atoms with Crippen molar-refractivity contribution < 1.29 is 19.6 Å². The highest BCUT2D eigenvalue weighted by molar-refractivity contribution is 8.18. The Labute approximate surface area is 175 Å². The van der Waals surface area contributed by atoms with Gasteiger partial charge >= 0.3 is 5.97 Å². The Hall–Kier alpha value is -3.10. The Balaban J connectivity index is 2.00. The predicted molar refractivity (Wildman–Crippen MR) is 113 cm³/mol. The normalized spacial score (nSPS) is 16.5. The third-order valence-corrected chi connectivity index (χ3v) is 5.10. The molecule has 0 saturated carbocycles. The molecule has 3 rings (SSSR count).